The maximum atomic E-state index is 13.4. The number of Topliss-reactive ketones (excluding diaryl/α,β-unsaturated/α-hetero) is 1. The Labute approximate surface area is 226 Å². The van der Waals surface area contributed by atoms with E-state index in [1.807, 2.05) is 0 Å². The van der Waals surface area contributed by atoms with E-state index in [4.69, 9.17) is 16.3 Å². The average molecular weight is 563 g/mol. The summed E-state index contributed by atoms with van der Waals surface area (Å²) < 4.78 is 48.2. The van der Waals surface area contributed by atoms with Crippen molar-refractivity contribution in [3.05, 3.63) is 75.2 Å². The molecule has 8 nitrogen and oxygen atoms in total. The van der Waals surface area contributed by atoms with E-state index in [0.717, 1.165) is 29.7 Å². The molecule has 0 N–H and O–H groups in total. The van der Waals surface area contributed by atoms with Crippen LogP contribution in [0.1, 0.15) is 42.3 Å². The Hall–Kier alpha value is -3.44. The van der Waals surface area contributed by atoms with Gasteiger partial charge in [-0.05, 0) is 48.7 Å². The van der Waals surface area contributed by atoms with E-state index < -0.39 is 41.6 Å². The summed E-state index contributed by atoms with van der Waals surface area (Å²) in [7, 11) is 0. The largest absolute Gasteiger partial charge is 0.416 e. The Kier molecular flexibility index (Phi) is 7.64. The molecular formula is C27H26ClF3N4O4. The number of carbonyl (C=O) groups excluding carboxylic acids is 2. The minimum Gasteiger partial charge on any atom is -0.378 e. The topological polar surface area (TPSA) is 86.4 Å². The molecule has 1 aromatic heterocycles. The van der Waals surface area contributed by atoms with Crippen LogP contribution in [-0.4, -0.2) is 57.2 Å². The number of halogens is 4. The molecule has 1 atom stereocenters. The summed E-state index contributed by atoms with van der Waals surface area (Å²) in [6.07, 6.45) is -3.36. The number of amides is 1. The van der Waals surface area contributed by atoms with Gasteiger partial charge in [0.05, 0.1) is 24.7 Å². The molecule has 1 saturated heterocycles. The zero-order chi connectivity index (χ0) is 27.7. The number of carbonyl (C=O) groups is 2. The fourth-order valence-corrected chi connectivity index (χ4v) is 4.85. The number of aromatic nitrogens is 3. The van der Waals surface area contributed by atoms with Crippen LogP contribution in [0.25, 0.3) is 11.4 Å². The van der Waals surface area contributed by atoms with Gasteiger partial charge in [-0.3, -0.25) is 14.2 Å². The standard InChI is InChI=1S/C27H26ClF3N4O4/c28-20-6-4-17(5-7-20)24-32-34(26(38)35(24)21-8-9-21)16-22(36)15-23(25(37)33-10-12-39-13-11-33)18-2-1-3-19(14-18)27(29,30)31/h1-7,14,21,23H,8-13,15-16H2. The molecule has 1 aliphatic heterocycles. The molecule has 39 heavy (non-hydrogen) atoms. The number of benzene rings is 2. The third kappa shape index (κ3) is 6.09. The van der Waals surface area contributed by atoms with Crippen molar-refractivity contribution in [3.8, 4) is 11.4 Å². The zero-order valence-corrected chi connectivity index (χ0v) is 21.6. The van der Waals surface area contributed by atoms with E-state index in [-0.39, 0.29) is 31.1 Å². The second-order valence-electron chi connectivity index (χ2n) is 9.73. The van der Waals surface area contributed by atoms with Crippen LogP contribution in [0.3, 0.4) is 0 Å². The summed E-state index contributed by atoms with van der Waals surface area (Å²) in [6, 6.07) is 11.3. The minimum atomic E-state index is -4.60. The van der Waals surface area contributed by atoms with E-state index >= 15 is 0 Å². The smallest absolute Gasteiger partial charge is 0.378 e. The van der Waals surface area contributed by atoms with Gasteiger partial charge in [-0.2, -0.15) is 13.2 Å². The maximum Gasteiger partial charge on any atom is 0.416 e. The molecule has 1 saturated carbocycles. The second kappa shape index (κ2) is 11.0. The molecule has 2 fully saturated rings. The molecular weight excluding hydrogens is 537 g/mol. The molecule has 2 aliphatic rings. The summed E-state index contributed by atoms with van der Waals surface area (Å²) in [5.41, 5.74) is -0.600. The summed E-state index contributed by atoms with van der Waals surface area (Å²) in [6.45, 7) is 0.744. The molecule has 1 unspecified atom stereocenters. The summed E-state index contributed by atoms with van der Waals surface area (Å²) in [5.74, 6) is -1.69. The normalized spacial score (nSPS) is 16.8. The highest BCUT2D eigenvalue weighted by atomic mass is 35.5. The number of ketones is 1. The molecule has 2 heterocycles. The van der Waals surface area contributed by atoms with Gasteiger partial charge >= 0.3 is 11.9 Å². The van der Waals surface area contributed by atoms with E-state index in [9.17, 15) is 27.6 Å². The average Bonchev–Trinajstić information content (AvgIpc) is 3.71. The van der Waals surface area contributed by atoms with Crippen molar-refractivity contribution < 1.29 is 27.5 Å². The van der Waals surface area contributed by atoms with Crippen molar-refractivity contribution in [2.75, 3.05) is 26.3 Å². The lowest BCUT2D eigenvalue weighted by atomic mass is 9.90. The summed E-state index contributed by atoms with van der Waals surface area (Å²) in [5, 5.41) is 4.94. The molecule has 0 radical (unpaired) electrons. The molecule has 0 spiro atoms. The monoisotopic (exact) mass is 562 g/mol. The Morgan fingerprint density at radius 3 is 2.41 bits per heavy atom. The van der Waals surface area contributed by atoms with Crippen molar-refractivity contribution in [1.82, 2.24) is 19.2 Å². The van der Waals surface area contributed by atoms with Gasteiger partial charge < -0.3 is 9.64 Å². The molecule has 3 aromatic rings. The molecule has 5 rings (SSSR count). The van der Waals surface area contributed by atoms with Crippen LogP contribution in [0.4, 0.5) is 13.2 Å². The lowest BCUT2D eigenvalue weighted by molar-refractivity contribution is -0.139. The van der Waals surface area contributed by atoms with Gasteiger partial charge in [0.15, 0.2) is 11.6 Å². The predicted molar refractivity (Wildman–Crippen MR) is 136 cm³/mol. The number of hydrogen-bond acceptors (Lipinski definition) is 5. The van der Waals surface area contributed by atoms with Crippen molar-refractivity contribution in [2.24, 2.45) is 0 Å². The van der Waals surface area contributed by atoms with Crippen LogP contribution in [0.15, 0.2) is 53.3 Å². The first kappa shape index (κ1) is 27.1. The van der Waals surface area contributed by atoms with E-state index in [2.05, 4.69) is 5.10 Å². The highest BCUT2D eigenvalue weighted by Crippen LogP contribution is 2.37. The molecule has 1 aliphatic carbocycles. The van der Waals surface area contributed by atoms with Gasteiger partial charge in [-0.1, -0.05) is 29.8 Å². The molecule has 2 aromatic carbocycles. The Bertz CT molecular complexity index is 1420. The van der Waals surface area contributed by atoms with Crippen LogP contribution < -0.4 is 5.69 Å². The first-order chi connectivity index (χ1) is 18.6. The number of hydrogen-bond donors (Lipinski definition) is 0. The number of nitrogens with zero attached hydrogens (tertiary/aromatic N) is 4. The maximum absolute atomic E-state index is 13.4. The predicted octanol–water partition coefficient (Wildman–Crippen LogP) is 4.32. The summed E-state index contributed by atoms with van der Waals surface area (Å²) >= 11 is 6.00. The van der Waals surface area contributed by atoms with Crippen molar-refractivity contribution in [3.63, 3.8) is 0 Å². The van der Waals surface area contributed by atoms with Gasteiger partial charge in [0.1, 0.15) is 6.54 Å². The minimum absolute atomic E-state index is 0.0206. The SMILES string of the molecule is O=C(CC(C(=O)N1CCOCC1)c1cccc(C(F)(F)F)c1)Cn1nc(-c2ccc(Cl)cc2)n(C2CC2)c1=O. The van der Waals surface area contributed by atoms with Gasteiger partial charge in [0, 0.05) is 36.1 Å². The highest BCUT2D eigenvalue weighted by molar-refractivity contribution is 6.30. The first-order valence-electron chi connectivity index (χ1n) is 12.6. The fraction of sp³-hybridized carbons (Fsp3) is 0.407. The molecule has 1 amide bonds. The number of rotatable bonds is 8. The molecule has 206 valence electrons. The fourth-order valence-electron chi connectivity index (χ4n) is 4.72. The van der Waals surface area contributed by atoms with Gasteiger partial charge in [-0.25, -0.2) is 9.48 Å². The third-order valence-corrected chi connectivity index (χ3v) is 7.13. The van der Waals surface area contributed by atoms with Crippen LogP contribution in [0, 0.1) is 0 Å². The van der Waals surface area contributed by atoms with Gasteiger partial charge in [-0.15, -0.1) is 5.10 Å². The summed E-state index contributed by atoms with van der Waals surface area (Å²) in [4.78, 5) is 41.4. The number of morpholine rings is 1. The van der Waals surface area contributed by atoms with E-state index in [1.165, 1.54) is 17.0 Å². The Morgan fingerprint density at radius 1 is 1.08 bits per heavy atom. The Morgan fingerprint density at radius 2 is 1.77 bits per heavy atom. The number of alkyl halides is 3. The third-order valence-electron chi connectivity index (χ3n) is 6.88. The lowest BCUT2D eigenvalue weighted by Crippen LogP contribution is -2.43. The molecule has 12 heteroatoms. The second-order valence-corrected chi connectivity index (χ2v) is 10.2. The Balaban J connectivity index is 1.43. The van der Waals surface area contributed by atoms with E-state index in [0.29, 0.717) is 29.6 Å². The quantitative estimate of drug-likeness (QED) is 0.408. The van der Waals surface area contributed by atoms with Crippen molar-refractivity contribution in [1.29, 1.82) is 0 Å². The zero-order valence-electron chi connectivity index (χ0n) is 20.9. The van der Waals surface area contributed by atoms with Gasteiger partial charge in [0.2, 0.25) is 5.91 Å². The van der Waals surface area contributed by atoms with Crippen LogP contribution in [-0.2, 0) is 27.0 Å². The van der Waals surface area contributed by atoms with Crippen molar-refractivity contribution >= 4 is 23.3 Å². The first-order valence-corrected chi connectivity index (χ1v) is 13.0. The molecule has 0 bridgehead atoms. The highest BCUT2D eigenvalue weighted by Gasteiger charge is 2.35. The number of ether oxygens (including phenoxy) is 1. The van der Waals surface area contributed by atoms with Crippen LogP contribution in [0.2, 0.25) is 5.02 Å². The van der Waals surface area contributed by atoms with Crippen LogP contribution in [0.5, 0.6) is 0 Å². The lowest BCUT2D eigenvalue weighted by Gasteiger charge is -2.30. The van der Waals surface area contributed by atoms with E-state index in [1.54, 1.807) is 28.8 Å². The van der Waals surface area contributed by atoms with Crippen LogP contribution >= 0.6 is 11.6 Å². The van der Waals surface area contributed by atoms with Gasteiger partial charge in [0.25, 0.3) is 0 Å². The van der Waals surface area contributed by atoms with Crippen molar-refractivity contribution in [2.45, 2.75) is 43.9 Å².